The number of hydrogen-bond donors (Lipinski definition) is 2. The summed E-state index contributed by atoms with van der Waals surface area (Å²) in [4.78, 5) is 31.3. The van der Waals surface area contributed by atoms with E-state index in [1.807, 2.05) is 0 Å². The number of fused-ring (bicyclic) bond motifs is 1. The van der Waals surface area contributed by atoms with Crippen LogP contribution in [-0.4, -0.2) is 74.0 Å². The number of benzene rings is 2. The second-order valence-electron chi connectivity index (χ2n) is 7.93. The van der Waals surface area contributed by atoms with Crippen LogP contribution in [0.1, 0.15) is 16.8 Å². The van der Waals surface area contributed by atoms with E-state index >= 15 is 0 Å². The van der Waals surface area contributed by atoms with Gasteiger partial charge in [-0.3, -0.25) is 14.5 Å². The molecule has 4 rings (SSSR count). The van der Waals surface area contributed by atoms with Gasteiger partial charge < -0.3 is 24.5 Å². The number of carbonyl (C=O) groups is 1. The molecular formula is C24H29ClN4O5S. The van der Waals surface area contributed by atoms with Gasteiger partial charge in [0.25, 0.3) is 11.5 Å². The highest BCUT2D eigenvalue weighted by Crippen LogP contribution is 2.27. The standard InChI is InChI=1S/C24H28N4O5S.ClH/c1-31-17-5-7-20(21(15-17)32-2)28-23(30)18-6-4-16(14-19(18)26-24(28)34)22(29)25-8-3-9-27-10-12-33-13-11-27;/h4-7,14-15H,3,8-13H2,1-2H3,(H,25,29)(H,26,34);1H. The Balaban J connectivity index is 0.00000342. The molecule has 3 aromatic rings. The van der Waals surface area contributed by atoms with Gasteiger partial charge in [-0.1, -0.05) is 0 Å². The summed E-state index contributed by atoms with van der Waals surface area (Å²) in [6, 6.07) is 10.1. The maximum atomic E-state index is 13.3. The van der Waals surface area contributed by atoms with Crippen molar-refractivity contribution < 1.29 is 19.0 Å². The van der Waals surface area contributed by atoms with Crippen molar-refractivity contribution in [1.82, 2.24) is 19.8 Å². The predicted octanol–water partition coefficient (Wildman–Crippen LogP) is 2.94. The number of halogens is 1. The normalized spacial score (nSPS) is 13.8. The third-order valence-corrected chi connectivity index (χ3v) is 6.11. The Kier molecular flexibility index (Phi) is 9.27. The van der Waals surface area contributed by atoms with Gasteiger partial charge >= 0.3 is 0 Å². The van der Waals surface area contributed by atoms with Gasteiger partial charge in [0, 0.05) is 31.3 Å². The van der Waals surface area contributed by atoms with E-state index in [9.17, 15) is 9.59 Å². The number of morpholine rings is 1. The third kappa shape index (κ3) is 6.02. The molecule has 1 aliphatic heterocycles. The Morgan fingerprint density at radius 2 is 1.91 bits per heavy atom. The Morgan fingerprint density at radius 3 is 2.63 bits per heavy atom. The van der Waals surface area contributed by atoms with E-state index in [4.69, 9.17) is 26.4 Å². The lowest BCUT2D eigenvalue weighted by molar-refractivity contribution is 0.0374. The van der Waals surface area contributed by atoms with Crippen molar-refractivity contribution in [3.8, 4) is 17.2 Å². The summed E-state index contributed by atoms with van der Waals surface area (Å²) in [7, 11) is 3.07. The molecule has 2 heterocycles. The summed E-state index contributed by atoms with van der Waals surface area (Å²) >= 11 is 5.48. The van der Waals surface area contributed by atoms with Crippen LogP contribution in [0.4, 0.5) is 0 Å². The van der Waals surface area contributed by atoms with Crippen LogP contribution in [0.25, 0.3) is 16.6 Å². The van der Waals surface area contributed by atoms with E-state index in [0.29, 0.717) is 40.2 Å². The van der Waals surface area contributed by atoms with E-state index in [-0.39, 0.29) is 28.6 Å². The van der Waals surface area contributed by atoms with Crippen LogP contribution in [0.15, 0.2) is 41.2 Å². The highest BCUT2D eigenvalue weighted by molar-refractivity contribution is 7.71. The molecule has 0 bridgehead atoms. The smallest absolute Gasteiger partial charge is 0.266 e. The van der Waals surface area contributed by atoms with E-state index in [0.717, 1.165) is 39.3 Å². The molecule has 2 N–H and O–H groups in total. The molecule has 0 saturated carbocycles. The Morgan fingerprint density at radius 1 is 1.14 bits per heavy atom. The zero-order valence-electron chi connectivity index (χ0n) is 19.7. The van der Waals surface area contributed by atoms with E-state index < -0.39 is 0 Å². The molecule has 1 aromatic heterocycles. The molecule has 0 aliphatic carbocycles. The van der Waals surface area contributed by atoms with Crippen molar-refractivity contribution >= 4 is 41.4 Å². The number of ether oxygens (including phenoxy) is 3. The van der Waals surface area contributed by atoms with Crippen LogP contribution in [0.3, 0.4) is 0 Å². The van der Waals surface area contributed by atoms with Crippen molar-refractivity contribution in [3.05, 3.63) is 57.1 Å². The zero-order valence-corrected chi connectivity index (χ0v) is 21.3. The summed E-state index contributed by atoms with van der Waals surface area (Å²) in [5.41, 5.74) is 1.15. The Labute approximate surface area is 214 Å². The summed E-state index contributed by atoms with van der Waals surface area (Å²) < 4.78 is 17.6. The summed E-state index contributed by atoms with van der Waals surface area (Å²) in [6.45, 7) is 4.87. The van der Waals surface area contributed by atoms with Crippen molar-refractivity contribution in [1.29, 1.82) is 0 Å². The summed E-state index contributed by atoms with van der Waals surface area (Å²) in [5, 5.41) is 3.36. The quantitative estimate of drug-likeness (QED) is 0.348. The Hall–Kier alpha value is -2.92. The van der Waals surface area contributed by atoms with Gasteiger partial charge in [0.2, 0.25) is 0 Å². The molecule has 11 heteroatoms. The number of carbonyl (C=O) groups excluding carboxylic acids is 1. The second kappa shape index (κ2) is 12.2. The van der Waals surface area contributed by atoms with Crippen LogP contribution in [0, 0.1) is 4.77 Å². The molecule has 0 unspecified atom stereocenters. The fourth-order valence-corrected chi connectivity index (χ4v) is 4.27. The van der Waals surface area contributed by atoms with Crippen molar-refractivity contribution in [2.24, 2.45) is 0 Å². The number of aromatic amines is 1. The highest BCUT2D eigenvalue weighted by atomic mass is 35.5. The molecular weight excluding hydrogens is 492 g/mol. The van der Waals surface area contributed by atoms with Gasteiger partial charge in [-0.2, -0.15) is 0 Å². The zero-order chi connectivity index (χ0) is 24.1. The minimum Gasteiger partial charge on any atom is -0.497 e. The lowest BCUT2D eigenvalue weighted by Gasteiger charge is -2.26. The summed E-state index contributed by atoms with van der Waals surface area (Å²) in [6.07, 6.45) is 0.857. The van der Waals surface area contributed by atoms with E-state index in [1.165, 1.54) is 11.7 Å². The van der Waals surface area contributed by atoms with Crippen molar-refractivity contribution in [2.75, 3.05) is 53.6 Å². The molecule has 0 radical (unpaired) electrons. The fraction of sp³-hybridized carbons (Fsp3) is 0.375. The molecule has 188 valence electrons. The lowest BCUT2D eigenvalue weighted by atomic mass is 10.1. The van der Waals surface area contributed by atoms with Crippen molar-refractivity contribution in [3.63, 3.8) is 0 Å². The van der Waals surface area contributed by atoms with Gasteiger partial charge in [-0.25, -0.2) is 4.57 Å². The maximum absolute atomic E-state index is 13.3. The number of rotatable bonds is 8. The predicted molar refractivity (Wildman–Crippen MR) is 139 cm³/mol. The topological polar surface area (TPSA) is 97.8 Å². The van der Waals surface area contributed by atoms with E-state index in [1.54, 1.807) is 43.5 Å². The van der Waals surface area contributed by atoms with Gasteiger partial charge in [0.05, 0.1) is 44.0 Å². The Bertz CT molecular complexity index is 1300. The van der Waals surface area contributed by atoms with Crippen LogP contribution >= 0.6 is 24.6 Å². The molecule has 0 atom stereocenters. The molecule has 1 fully saturated rings. The highest BCUT2D eigenvalue weighted by Gasteiger charge is 2.15. The molecule has 9 nitrogen and oxygen atoms in total. The number of aromatic nitrogens is 2. The van der Waals surface area contributed by atoms with Crippen molar-refractivity contribution in [2.45, 2.75) is 6.42 Å². The number of amides is 1. The molecule has 2 aromatic carbocycles. The van der Waals surface area contributed by atoms with Crippen LogP contribution < -0.4 is 20.3 Å². The maximum Gasteiger partial charge on any atom is 0.266 e. The molecule has 1 amide bonds. The van der Waals surface area contributed by atoms with Gasteiger partial charge in [-0.05, 0) is 55.5 Å². The third-order valence-electron chi connectivity index (χ3n) is 5.83. The van der Waals surface area contributed by atoms with Gasteiger partial charge in [-0.15, -0.1) is 12.4 Å². The second-order valence-corrected chi connectivity index (χ2v) is 8.32. The van der Waals surface area contributed by atoms with Gasteiger partial charge in [0.1, 0.15) is 11.5 Å². The first-order valence-electron chi connectivity index (χ1n) is 11.1. The fourth-order valence-electron chi connectivity index (χ4n) is 3.98. The van der Waals surface area contributed by atoms with Crippen LogP contribution in [0.5, 0.6) is 11.5 Å². The first-order valence-corrected chi connectivity index (χ1v) is 11.5. The average molecular weight is 521 g/mol. The molecule has 0 spiro atoms. The average Bonchev–Trinajstić information content (AvgIpc) is 2.86. The molecule has 35 heavy (non-hydrogen) atoms. The SMILES string of the molecule is COc1ccc(-n2c(=S)[nH]c3cc(C(=O)NCCCN4CCOCC4)ccc3c2=O)c(OC)c1.Cl. The lowest BCUT2D eigenvalue weighted by Crippen LogP contribution is -2.38. The minimum absolute atomic E-state index is 0. The monoisotopic (exact) mass is 520 g/mol. The number of H-pyrrole nitrogens is 1. The molecule has 1 aliphatic rings. The van der Waals surface area contributed by atoms with Crippen LogP contribution in [0.2, 0.25) is 0 Å². The number of nitrogens with one attached hydrogen (secondary N) is 2. The minimum atomic E-state index is -0.306. The van der Waals surface area contributed by atoms with E-state index in [2.05, 4.69) is 15.2 Å². The first kappa shape index (κ1) is 26.7. The number of nitrogens with zero attached hydrogens (tertiary/aromatic N) is 2. The van der Waals surface area contributed by atoms with Gasteiger partial charge in [0.15, 0.2) is 4.77 Å². The number of methoxy groups -OCH3 is 2. The van der Waals surface area contributed by atoms with Crippen LogP contribution in [-0.2, 0) is 4.74 Å². The largest absolute Gasteiger partial charge is 0.497 e. The number of hydrogen-bond acceptors (Lipinski definition) is 7. The summed E-state index contributed by atoms with van der Waals surface area (Å²) in [5.74, 6) is 0.863. The molecule has 1 saturated heterocycles. The first-order chi connectivity index (χ1) is 16.5.